The van der Waals surface area contributed by atoms with Crippen LogP contribution >= 0.6 is 0 Å². The van der Waals surface area contributed by atoms with Crippen molar-refractivity contribution in [3.63, 3.8) is 0 Å². The summed E-state index contributed by atoms with van der Waals surface area (Å²) >= 11 is 0. The molecule has 0 saturated carbocycles. The van der Waals surface area contributed by atoms with Crippen LogP contribution in [0.2, 0.25) is 0 Å². The van der Waals surface area contributed by atoms with E-state index in [0.717, 1.165) is 5.69 Å². The van der Waals surface area contributed by atoms with Crippen molar-refractivity contribution in [2.24, 2.45) is 0 Å². The van der Waals surface area contributed by atoms with Gasteiger partial charge in [-0.15, -0.1) is 0 Å². The van der Waals surface area contributed by atoms with Gasteiger partial charge in [-0.3, -0.25) is 4.79 Å². The minimum absolute atomic E-state index is 0.0343. The molecule has 2 aromatic heterocycles. The number of amides is 1. The highest BCUT2D eigenvalue weighted by Gasteiger charge is 2.10. The van der Waals surface area contributed by atoms with Gasteiger partial charge in [0.05, 0.1) is 12.6 Å². The summed E-state index contributed by atoms with van der Waals surface area (Å²) in [6, 6.07) is 12.5. The number of rotatable bonds is 4. The zero-order valence-electron chi connectivity index (χ0n) is 12.0. The lowest BCUT2D eigenvalue weighted by atomic mass is 10.2. The van der Waals surface area contributed by atoms with Crippen molar-refractivity contribution in [2.45, 2.75) is 0 Å². The first-order valence-electron chi connectivity index (χ1n) is 6.81. The molecule has 6 nitrogen and oxygen atoms in total. The van der Waals surface area contributed by atoms with Crippen molar-refractivity contribution in [3.8, 4) is 11.8 Å². The summed E-state index contributed by atoms with van der Waals surface area (Å²) in [6.45, 7) is 0. The first kappa shape index (κ1) is 14.4. The van der Waals surface area contributed by atoms with Crippen LogP contribution in [0.5, 0.6) is 0 Å². The maximum Gasteiger partial charge on any atom is 0.266 e. The Balaban J connectivity index is 1.80. The minimum Gasteiger partial charge on any atom is -0.465 e. The molecule has 0 atom stereocenters. The number of nitriles is 1. The van der Waals surface area contributed by atoms with E-state index in [-0.39, 0.29) is 5.57 Å². The quantitative estimate of drug-likeness (QED) is 0.593. The number of carbonyl (C=O) groups is 1. The molecular weight excluding hydrogens is 292 g/mol. The Labute approximate surface area is 132 Å². The average Bonchev–Trinajstić information content (AvgIpc) is 3.26. The third-order valence-corrected chi connectivity index (χ3v) is 3.10. The predicted octanol–water partition coefficient (Wildman–Crippen LogP) is 3.01. The molecule has 23 heavy (non-hydrogen) atoms. The number of nitrogens with one attached hydrogen (secondary N) is 1. The molecule has 0 saturated heterocycles. The van der Waals surface area contributed by atoms with Crippen LogP contribution in [0.1, 0.15) is 5.76 Å². The maximum atomic E-state index is 12.2. The summed E-state index contributed by atoms with van der Waals surface area (Å²) in [5, 5.41) is 11.8. The van der Waals surface area contributed by atoms with E-state index in [4.69, 9.17) is 9.68 Å². The lowest BCUT2D eigenvalue weighted by Gasteiger charge is -2.07. The number of hydrogen-bond acceptors (Lipinski definition) is 4. The number of anilines is 1. The number of hydrogen-bond donors (Lipinski definition) is 1. The monoisotopic (exact) mass is 304 g/mol. The van der Waals surface area contributed by atoms with Crippen molar-refractivity contribution >= 4 is 17.7 Å². The molecular formula is C17H12N4O2. The largest absolute Gasteiger partial charge is 0.465 e. The van der Waals surface area contributed by atoms with E-state index in [0.29, 0.717) is 11.4 Å². The van der Waals surface area contributed by atoms with Crippen LogP contribution in [0, 0.1) is 11.3 Å². The lowest BCUT2D eigenvalue weighted by Crippen LogP contribution is -2.13. The molecule has 0 bridgehead atoms. The zero-order chi connectivity index (χ0) is 16.1. The van der Waals surface area contributed by atoms with E-state index in [1.165, 1.54) is 12.3 Å². The Morgan fingerprint density at radius 1 is 1.35 bits per heavy atom. The fourth-order valence-electron chi connectivity index (χ4n) is 2.02. The van der Waals surface area contributed by atoms with E-state index < -0.39 is 5.91 Å². The van der Waals surface area contributed by atoms with E-state index in [1.54, 1.807) is 43.0 Å². The summed E-state index contributed by atoms with van der Waals surface area (Å²) in [7, 11) is 0. The van der Waals surface area contributed by atoms with Gasteiger partial charge in [-0.1, -0.05) is 6.07 Å². The molecule has 0 spiro atoms. The van der Waals surface area contributed by atoms with Crippen molar-refractivity contribution in [1.29, 1.82) is 5.26 Å². The molecule has 112 valence electrons. The third-order valence-electron chi connectivity index (χ3n) is 3.10. The first-order valence-corrected chi connectivity index (χ1v) is 6.81. The predicted molar refractivity (Wildman–Crippen MR) is 84.5 cm³/mol. The number of furan rings is 1. The van der Waals surface area contributed by atoms with Crippen LogP contribution in [-0.4, -0.2) is 15.5 Å². The summed E-state index contributed by atoms with van der Waals surface area (Å²) in [6.07, 6.45) is 8.02. The highest BCUT2D eigenvalue weighted by molar-refractivity contribution is 6.09. The summed E-state index contributed by atoms with van der Waals surface area (Å²) in [5.41, 5.74) is 1.41. The van der Waals surface area contributed by atoms with E-state index in [1.807, 2.05) is 22.8 Å². The Hall–Kier alpha value is -3.59. The van der Waals surface area contributed by atoms with Gasteiger partial charge >= 0.3 is 0 Å². The van der Waals surface area contributed by atoms with E-state index in [2.05, 4.69) is 10.3 Å². The first-order chi connectivity index (χ1) is 11.3. The highest BCUT2D eigenvalue weighted by atomic mass is 16.3. The summed E-state index contributed by atoms with van der Waals surface area (Å²) in [4.78, 5) is 16.2. The summed E-state index contributed by atoms with van der Waals surface area (Å²) < 4.78 is 6.94. The molecule has 1 N–H and O–H groups in total. The Morgan fingerprint density at radius 2 is 2.26 bits per heavy atom. The standard InChI is InChI=1S/C17H12N4O2/c18-11-13(9-16-5-2-8-23-16)17(22)20-14-3-1-4-15(10-14)21-7-6-19-12-21/h1-10,12H,(H,20,22)/b13-9-. The van der Waals surface area contributed by atoms with Crippen LogP contribution in [-0.2, 0) is 4.79 Å². The van der Waals surface area contributed by atoms with Gasteiger partial charge in [0.2, 0.25) is 0 Å². The second-order valence-electron chi connectivity index (χ2n) is 4.66. The minimum atomic E-state index is -0.494. The van der Waals surface area contributed by atoms with Gasteiger partial charge in [0.1, 0.15) is 17.4 Å². The molecule has 0 fully saturated rings. The Kier molecular flexibility index (Phi) is 4.03. The van der Waals surface area contributed by atoms with Crippen LogP contribution in [0.4, 0.5) is 5.69 Å². The number of nitrogens with zero attached hydrogens (tertiary/aromatic N) is 3. The number of carbonyl (C=O) groups excluding carboxylic acids is 1. The molecule has 1 aromatic carbocycles. The van der Waals surface area contributed by atoms with Crippen molar-refractivity contribution in [2.75, 3.05) is 5.32 Å². The molecule has 0 aliphatic heterocycles. The topological polar surface area (TPSA) is 83.9 Å². The number of benzene rings is 1. The number of aromatic nitrogens is 2. The van der Waals surface area contributed by atoms with Crippen molar-refractivity contribution < 1.29 is 9.21 Å². The van der Waals surface area contributed by atoms with Crippen LogP contribution in [0.15, 0.2) is 71.4 Å². The normalized spacial score (nSPS) is 11.0. The average molecular weight is 304 g/mol. The summed E-state index contributed by atoms with van der Waals surface area (Å²) in [5.74, 6) is -0.0458. The molecule has 0 aliphatic carbocycles. The van der Waals surface area contributed by atoms with Gasteiger partial charge in [0, 0.05) is 29.8 Å². The second kappa shape index (κ2) is 6.45. The maximum absolute atomic E-state index is 12.2. The van der Waals surface area contributed by atoms with Crippen molar-refractivity contribution in [3.05, 3.63) is 72.7 Å². The molecule has 0 unspecified atom stereocenters. The third kappa shape index (κ3) is 3.36. The Morgan fingerprint density at radius 3 is 2.96 bits per heavy atom. The zero-order valence-corrected chi connectivity index (χ0v) is 12.0. The molecule has 3 rings (SSSR count). The van der Waals surface area contributed by atoms with Gasteiger partial charge in [-0.05, 0) is 30.3 Å². The van der Waals surface area contributed by atoms with Gasteiger partial charge in [-0.25, -0.2) is 4.98 Å². The lowest BCUT2D eigenvalue weighted by molar-refractivity contribution is -0.112. The van der Waals surface area contributed by atoms with Crippen LogP contribution < -0.4 is 5.32 Å². The van der Waals surface area contributed by atoms with E-state index >= 15 is 0 Å². The molecule has 2 heterocycles. The van der Waals surface area contributed by atoms with Crippen molar-refractivity contribution in [1.82, 2.24) is 9.55 Å². The van der Waals surface area contributed by atoms with Crippen LogP contribution in [0.25, 0.3) is 11.8 Å². The van der Waals surface area contributed by atoms with Gasteiger partial charge in [-0.2, -0.15) is 5.26 Å². The smallest absolute Gasteiger partial charge is 0.266 e. The SMILES string of the molecule is N#C/C(=C/c1ccco1)C(=O)Nc1cccc(-n2ccnc2)c1. The van der Waals surface area contributed by atoms with Gasteiger partial charge < -0.3 is 14.3 Å². The molecule has 3 aromatic rings. The van der Waals surface area contributed by atoms with Gasteiger partial charge in [0.25, 0.3) is 5.91 Å². The molecule has 0 radical (unpaired) electrons. The molecule has 1 amide bonds. The highest BCUT2D eigenvalue weighted by Crippen LogP contribution is 2.16. The van der Waals surface area contributed by atoms with Crippen LogP contribution in [0.3, 0.4) is 0 Å². The fourth-order valence-corrected chi connectivity index (χ4v) is 2.02. The molecule has 0 aliphatic rings. The number of imidazole rings is 1. The van der Waals surface area contributed by atoms with E-state index in [9.17, 15) is 4.79 Å². The van der Waals surface area contributed by atoms with Gasteiger partial charge in [0.15, 0.2) is 0 Å². The molecule has 6 heteroatoms. The second-order valence-corrected chi connectivity index (χ2v) is 4.66. The Bertz CT molecular complexity index is 872. The fraction of sp³-hybridized carbons (Fsp3) is 0.